The Kier molecular flexibility index (Phi) is 4.11. The van der Waals surface area contributed by atoms with E-state index in [1.807, 2.05) is 6.07 Å². The minimum Gasteiger partial charge on any atom is -0.497 e. The molecule has 2 aromatic carbocycles. The first-order valence-corrected chi connectivity index (χ1v) is 7.47. The molecule has 110 valence electrons. The molecule has 3 heteroatoms. The zero-order valence-corrected chi connectivity index (χ0v) is 12.6. The maximum atomic E-state index is 5.37. The first-order valence-electron chi connectivity index (χ1n) is 7.47. The fraction of sp³-hybridized carbons (Fsp3) is 0.333. The average molecular weight is 282 g/mol. The zero-order valence-electron chi connectivity index (χ0n) is 12.6. The van der Waals surface area contributed by atoms with Gasteiger partial charge in [0.05, 0.1) is 13.2 Å². The molecule has 2 aromatic rings. The molecule has 1 aliphatic heterocycles. The van der Waals surface area contributed by atoms with Crippen molar-refractivity contribution in [3.05, 3.63) is 60.2 Å². The highest BCUT2D eigenvalue weighted by Gasteiger charge is 2.27. The molecule has 0 saturated carbocycles. The predicted octanol–water partition coefficient (Wildman–Crippen LogP) is 3.23. The van der Waals surface area contributed by atoms with Crippen LogP contribution in [0.15, 0.2) is 54.6 Å². The molecule has 2 atom stereocenters. The van der Waals surface area contributed by atoms with Crippen molar-refractivity contribution in [1.29, 1.82) is 0 Å². The normalized spacial score (nSPS) is 22.1. The largest absolute Gasteiger partial charge is 0.497 e. The molecule has 1 heterocycles. The highest BCUT2D eigenvalue weighted by molar-refractivity contribution is 5.53. The van der Waals surface area contributed by atoms with Crippen molar-refractivity contribution in [2.75, 3.05) is 25.1 Å². The molecule has 3 rings (SSSR count). The summed E-state index contributed by atoms with van der Waals surface area (Å²) in [5, 5.41) is 3.59. The molecule has 0 aromatic heterocycles. The lowest BCUT2D eigenvalue weighted by Crippen LogP contribution is -2.51. The summed E-state index contributed by atoms with van der Waals surface area (Å²) in [5.74, 6) is 0.908. The van der Waals surface area contributed by atoms with Gasteiger partial charge in [0.2, 0.25) is 0 Å². The molecule has 0 aliphatic carbocycles. The van der Waals surface area contributed by atoms with Crippen molar-refractivity contribution in [2.24, 2.45) is 0 Å². The third kappa shape index (κ3) is 3.03. The molecule has 1 fully saturated rings. The van der Waals surface area contributed by atoms with Crippen LogP contribution in [0.2, 0.25) is 0 Å². The minimum atomic E-state index is 0.356. The molecule has 2 unspecified atom stereocenters. The Hall–Kier alpha value is -2.00. The van der Waals surface area contributed by atoms with Crippen LogP contribution in [-0.4, -0.2) is 26.2 Å². The number of hydrogen-bond donors (Lipinski definition) is 1. The Morgan fingerprint density at radius 3 is 2.67 bits per heavy atom. The van der Waals surface area contributed by atoms with Gasteiger partial charge in [-0.15, -0.1) is 0 Å². The van der Waals surface area contributed by atoms with E-state index in [0.717, 1.165) is 18.8 Å². The molecule has 3 nitrogen and oxygen atoms in total. The molecule has 1 aliphatic rings. The van der Waals surface area contributed by atoms with Crippen molar-refractivity contribution in [3.8, 4) is 5.75 Å². The van der Waals surface area contributed by atoms with Crippen LogP contribution in [0.1, 0.15) is 18.5 Å². The summed E-state index contributed by atoms with van der Waals surface area (Å²) in [7, 11) is 1.72. The van der Waals surface area contributed by atoms with Gasteiger partial charge >= 0.3 is 0 Å². The quantitative estimate of drug-likeness (QED) is 0.935. The van der Waals surface area contributed by atoms with Crippen molar-refractivity contribution >= 4 is 5.69 Å². The van der Waals surface area contributed by atoms with E-state index in [-0.39, 0.29) is 0 Å². The van der Waals surface area contributed by atoms with Crippen LogP contribution in [0.25, 0.3) is 0 Å². The van der Waals surface area contributed by atoms with Gasteiger partial charge in [0.1, 0.15) is 5.75 Å². The van der Waals surface area contributed by atoms with Crippen molar-refractivity contribution in [3.63, 3.8) is 0 Å². The van der Waals surface area contributed by atoms with Gasteiger partial charge in [0.15, 0.2) is 0 Å². The van der Waals surface area contributed by atoms with E-state index in [1.165, 1.54) is 11.3 Å². The van der Waals surface area contributed by atoms with E-state index in [1.54, 1.807) is 7.11 Å². The molecule has 1 N–H and O–H groups in total. The second kappa shape index (κ2) is 6.19. The van der Waals surface area contributed by atoms with Crippen LogP contribution in [0.4, 0.5) is 5.69 Å². The van der Waals surface area contributed by atoms with E-state index in [0.29, 0.717) is 12.1 Å². The Morgan fingerprint density at radius 2 is 1.90 bits per heavy atom. The summed E-state index contributed by atoms with van der Waals surface area (Å²) < 4.78 is 5.37. The number of methoxy groups -OCH3 is 1. The topological polar surface area (TPSA) is 24.5 Å². The predicted molar refractivity (Wildman–Crippen MR) is 87.0 cm³/mol. The molecule has 0 spiro atoms. The summed E-state index contributed by atoms with van der Waals surface area (Å²) >= 11 is 0. The van der Waals surface area contributed by atoms with Crippen LogP contribution in [-0.2, 0) is 0 Å². The Morgan fingerprint density at radius 1 is 1.10 bits per heavy atom. The first-order chi connectivity index (χ1) is 10.3. The van der Waals surface area contributed by atoms with Gasteiger partial charge in [0.25, 0.3) is 0 Å². The summed E-state index contributed by atoms with van der Waals surface area (Å²) in [6.07, 6.45) is 0. The molecule has 21 heavy (non-hydrogen) atoms. The van der Waals surface area contributed by atoms with E-state index in [4.69, 9.17) is 4.74 Å². The number of nitrogens with one attached hydrogen (secondary N) is 1. The molecule has 0 amide bonds. The molecule has 0 bridgehead atoms. The van der Waals surface area contributed by atoms with Crippen LogP contribution < -0.4 is 15.0 Å². The lowest BCUT2D eigenvalue weighted by molar-refractivity contribution is 0.407. The van der Waals surface area contributed by atoms with Gasteiger partial charge in [-0.2, -0.15) is 0 Å². The maximum Gasteiger partial charge on any atom is 0.120 e. The number of rotatable bonds is 3. The van der Waals surface area contributed by atoms with E-state index in [2.05, 4.69) is 65.7 Å². The van der Waals surface area contributed by atoms with Crippen molar-refractivity contribution in [1.82, 2.24) is 5.32 Å². The average Bonchev–Trinajstić information content (AvgIpc) is 2.55. The number of piperazine rings is 1. The SMILES string of the molecule is COc1cccc(N2CC(C)NCC2c2ccccc2)c1. The minimum absolute atomic E-state index is 0.356. The van der Waals surface area contributed by atoms with Gasteiger partial charge < -0.3 is 15.0 Å². The lowest BCUT2D eigenvalue weighted by atomic mass is 10.0. The third-order valence-corrected chi connectivity index (χ3v) is 4.08. The second-order valence-electron chi connectivity index (χ2n) is 5.59. The highest BCUT2D eigenvalue weighted by Crippen LogP contribution is 2.31. The van der Waals surface area contributed by atoms with E-state index in [9.17, 15) is 0 Å². The summed E-state index contributed by atoms with van der Waals surface area (Å²) in [4.78, 5) is 2.47. The molecule has 0 radical (unpaired) electrons. The fourth-order valence-corrected chi connectivity index (χ4v) is 2.96. The van der Waals surface area contributed by atoms with Gasteiger partial charge in [-0.3, -0.25) is 0 Å². The monoisotopic (exact) mass is 282 g/mol. The number of nitrogens with zero attached hydrogens (tertiary/aromatic N) is 1. The Balaban J connectivity index is 1.94. The molecular weight excluding hydrogens is 260 g/mol. The van der Waals surface area contributed by atoms with Crippen molar-refractivity contribution < 1.29 is 4.74 Å². The lowest BCUT2D eigenvalue weighted by Gasteiger charge is -2.41. The van der Waals surface area contributed by atoms with Gasteiger partial charge in [-0.25, -0.2) is 0 Å². The van der Waals surface area contributed by atoms with Crippen LogP contribution >= 0.6 is 0 Å². The van der Waals surface area contributed by atoms with Crippen molar-refractivity contribution in [2.45, 2.75) is 19.0 Å². The smallest absolute Gasteiger partial charge is 0.120 e. The fourth-order valence-electron chi connectivity index (χ4n) is 2.96. The number of anilines is 1. The van der Waals surface area contributed by atoms with Gasteiger partial charge in [0, 0.05) is 30.9 Å². The summed E-state index contributed by atoms with van der Waals surface area (Å²) in [6, 6.07) is 19.9. The number of ether oxygens (including phenoxy) is 1. The zero-order chi connectivity index (χ0) is 14.7. The number of benzene rings is 2. The molecular formula is C18H22N2O. The van der Waals surface area contributed by atoms with Crippen LogP contribution in [0.5, 0.6) is 5.75 Å². The Bertz CT molecular complexity index is 585. The molecule has 1 saturated heterocycles. The maximum absolute atomic E-state index is 5.37. The summed E-state index contributed by atoms with van der Waals surface area (Å²) in [5.41, 5.74) is 2.57. The standard InChI is InChI=1S/C18H22N2O/c1-14-13-20(16-9-6-10-17(11-16)21-2)18(12-19-14)15-7-4-3-5-8-15/h3-11,14,18-19H,12-13H2,1-2H3. The van der Waals surface area contributed by atoms with Crippen LogP contribution in [0, 0.1) is 0 Å². The number of hydrogen-bond acceptors (Lipinski definition) is 3. The third-order valence-electron chi connectivity index (χ3n) is 4.08. The first kappa shape index (κ1) is 14.0. The van der Waals surface area contributed by atoms with E-state index < -0.39 is 0 Å². The van der Waals surface area contributed by atoms with Crippen LogP contribution in [0.3, 0.4) is 0 Å². The highest BCUT2D eigenvalue weighted by atomic mass is 16.5. The summed E-state index contributed by atoms with van der Waals surface area (Å²) in [6.45, 7) is 4.18. The van der Waals surface area contributed by atoms with Gasteiger partial charge in [-0.1, -0.05) is 36.4 Å². The van der Waals surface area contributed by atoms with E-state index >= 15 is 0 Å². The second-order valence-corrected chi connectivity index (χ2v) is 5.59. The van der Waals surface area contributed by atoms with Gasteiger partial charge in [-0.05, 0) is 24.6 Å². The Labute approximate surface area is 126 Å².